The van der Waals surface area contributed by atoms with Crippen LogP contribution in [-0.2, 0) is 0 Å². The number of aliphatic hydroxyl groups is 1. The van der Waals surface area contributed by atoms with Crippen molar-refractivity contribution in [3.8, 4) is 11.1 Å². The SMILES string of the molecule is Cc1nccc2c1[nH]c1ccc(-c3cccc(C(C)O)c3)cc12. The van der Waals surface area contributed by atoms with Gasteiger partial charge >= 0.3 is 0 Å². The lowest BCUT2D eigenvalue weighted by Crippen LogP contribution is -1.90. The van der Waals surface area contributed by atoms with Gasteiger partial charge in [-0.2, -0.15) is 0 Å². The molecule has 0 bridgehead atoms. The molecule has 2 aromatic heterocycles. The zero-order chi connectivity index (χ0) is 16.0. The lowest BCUT2D eigenvalue weighted by Gasteiger charge is -2.08. The number of H-pyrrole nitrogens is 1. The summed E-state index contributed by atoms with van der Waals surface area (Å²) in [5.74, 6) is 0. The van der Waals surface area contributed by atoms with Crippen molar-refractivity contribution in [3.05, 3.63) is 66.0 Å². The van der Waals surface area contributed by atoms with E-state index < -0.39 is 6.10 Å². The van der Waals surface area contributed by atoms with Crippen LogP contribution in [0.1, 0.15) is 24.3 Å². The summed E-state index contributed by atoms with van der Waals surface area (Å²) in [6.07, 6.45) is 1.39. The molecule has 2 N–H and O–H groups in total. The summed E-state index contributed by atoms with van der Waals surface area (Å²) in [5, 5.41) is 12.2. The van der Waals surface area contributed by atoms with Crippen molar-refractivity contribution in [2.45, 2.75) is 20.0 Å². The third-order valence-corrected chi connectivity index (χ3v) is 4.41. The molecule has 3 nitrogen and oxygen atoms in total. The molecule has 1 atom stereocenters. The van der Waals surface area contributed by atoms with E-state index in [-0.39, 0.29) is 0 Å². The maximum absolute atomic E-state index is 9.79. The van der Waals surface area contributed by atoms with Gasteiger partial charge in [0.1, 0.15) is 0 Å². The number of aromatic nitrogens is 2. The van der Waals surface area contributed by atoms with Crippen molar-refractivity contribution in [1.82, 2.24) is 9.97 Å². The average Bonchev–Trinajstić information content (AvgIpc) is 2.94. The molecule has 0 aliphatic rings. The minimum absolute atomic E-state index is 0.458. The normalized spacial score (nSPS) is 12.8. The Bertz CT molecular complexity index is 1010. The maximum atomic E-state index is 9.79. The second kappa shape index (κ2) is 5.21. The Kier molecular flexibility index (Phi) is 3.17. The fourth-order valence-electron chi connectivity index (χ4n) is 3.12. The van der Waals surface area contributed by atoms with Crippen molar-refractivity contribution >= 4 is 21.8 Å². The van der Waals surface area contributed by atoms with Crippen molar-refractivity contribution in [2.75, 3.05) is 0 Å². The number of fused-ring (bicyclic) bond motifs is 3. The number of hydrogen-bond acceptors (Lipinski definition) is 2. The Labute approximate surface area is 134 Å². The van der Waals surface area contributed by atoms with Crippen LogP contribution < -0.4 is 0 Å². The Balaban J connectivity index is 1.93. The summed E-state index contributed by atoms with van der Waals surface area (Å²) in [7, 11) is 0. The predicted octanol–water partition coefficient (Wildman–Crippen LogP) is 4.74. The molecule has 0 saturated carbocycles. The van der Waals surface area contributed by atoms with Crippen LogP contribution in [0.5, 0.6) is 0 Å². The first-order valence-corrected chi connectivity index (χ1v) is 7.79. The number of pyridine rings is 1. The quantitative estimate of drug-likeness (QED) is 0.561. The number of benzene rings is 2. The van der Waals surface area contributed by atoms with Gasteiger partial charge in [0.15, 0.2) is 0 Å². The van der Waals surface area contributed by atoms with Crippen molar-refractivity contribution in [3.63, 3.8) is 0 Å². The van der Waals surface area contributed by atoms with Gasteiger partial charge in [-0.3, -0.25) is 4.98 Å². The number of nitrogens with one attached hydrogen (secondary N) is 1. The molecule has 2 heterocycles. The Hall–Kier alpha value is -2.65. The molecule has 0 fully saturated rings. The highest BCUT2D eigenvalue weighted by molar-refractivity contribution is 6.09. The van der Waals surface area contributed by atoms with E-state index in [1.807, 2.05) is 31.3 Å². The predicted molar refractivity (Wildman–Crippen MR) is 94.4 cm³/mol. The zero-order valence-corrected chi connectivity index (χ0v) is 13.2. The summed E-state index contributed by atoms with van der Waals surface area (Å²) >= 11 is 0. The first kappa shape index (κ1) is 14.0. The van der Waals surface area contributed by atoms with Gasteiger partial charge in [-0.25, -0.2) is 0 Å². The Morgan fingerprint density at radius 3 is 2.65 bits per heavy atom. The molecule has 0 amide bonds. The standard InChI is InChI=1S/C20H18N2O/c1-12-20-17(8-9-21-12)18-11-16(6-7-19(18)22-20)15-5-3-4-14(10-15)13(2)23/h3-11,13,22-23H,1-2H3. The maximum Gasteiger partial charge on any atom is 0.0762 e. The van der Waals surface area contributed by atoms with Gasteiger partial charge in [-0.05, 0) is 54.8 Å². The molecule has 2 aromatic carbocycles. The molecule has 4 rings (SSSR count). The number of aliphatic hydroxyl groups excluding tert-OH is 1. The van der Waals surface area contributed by atoms with Crippen LogP contribution in [0, 0.1) is 6.92 Å². The molecule has 4 aromatic rings. The number of hydrogen-bond donors (Lipinski definition) is 2. The van der Waals surface area contributed by atoms with Crippen LogP contribution in [0.3, 0.4) is 0 Å². The van der Waals surface area contributed by atoms with E-state index in [4.69, 9.17) is 0 Å². The smallest absolute Gasteiger partial charge is 0.0762 e. The molecule has 0 radical (unpaired) electrons. The largest absolute Gasteiger partial charge is 0.389 e. The van der Waals surface area contributed by atoms with Gasteiger partial charge in [0.05, 0.1) is 17.3 Å². The van der Waals surface area contributed by atoms with Gasteiger partial charge in [0, 0.05) is 22.5 Å². The van der Waals surface area contributed by atoms with Gasteiger partial charge in [0.25, 0.3) is 0 Å². The van der Waals surface area contributed by atoms with Crippen LogP contribution in [-0.4, -0.2) is 15.1 Å². The average molecular weight is 302 g/mol. The summed E-state index contributed by atoms with van der Waals surface area (Å²) in [6, 6.07) is 16.5. The molecular formula is C20H18N2O. The second-order valence-electron chi connectivity index (χ2n) is 6.01. The monoisotopic (exact) mass is 302 g/mol. The van der Waals surface area contributed by atoms with E-state index in [1.165, 1.54) is 10.8 Å². The van der Waals surface area contributed by atoms with E-state index in [9.17, 15) is 5.11 Å². The Morgan fingerprint density at radius 1 is 1.00 bits per heavy atom. The lowest BCUT2D eigenvalue weighted by molar-refractivity contribution is 0.199. The van der Waals surface area contributed by atoms with Crippen LogP contribution in [0.2, 0.25) is 0 Å². The number of aryl methyl sites for hydroxylation is 1. The van der Waals surface area contributed by atoms with Crippen LogP contribution in [0.4, 0.5) is 0 Å². The molecule has 3 heteroatoms. The van der Waals surface area contributed by atoms with Crippen LogP contribution >= 0.6 is 0 Å². The number of nitrogens with zero attached hydrogens (tertiary/aromatic N) is 1. The van der Waals surface area contributed by atoms with E-state index in [0.717, 1.165) is 33.4 Å². The van der Waals surface area contributed by atoms with Crippen LogP contribution in [0.25, 0.3) is 32.9 Å². The lowest BCUT2D eigenvalue weighted by atomic mass is 9.99. The van der Waals surface area contributed by atoms with Gasteiger partial charge in [-0.15, -0.1) is 0 Å². The third-order valence-electron chi connectivity index (χ3n) is 4.41. The van der Waals surface area contributed by atoms with E-state index >= 15 is 0 Å². The van der Waals surface area contributed by atoms with Crippen molar-refractivity contribution in [2.24, 2.45) is 0 Å². The van der Waals surface area contributed by atoms with E-state index in [1.54, 1.807) is 6.92 Å². The first-order chi connectivity index (χ1) is 11.1. The Morgan fingerprint density at radius 2 is 1.83 bits per heavy atom. The minimum atomic E-state index is -0.458. The summed E-state index contributed by atoms with van der Waals surface area (Å²) in [4.78, 5) is 7.81. The zero-order valence-electron chi connectivity index (χ0n) is 13.2. The molecule has 0 saturated heterocycles. The fraction of sp³-hybridized carbons (Fsp3) is 0.150. The van der Waals surface area contributed by atoms with Crippen molar-refractivity contribution in [1.29, 1.82) is 0 Å². The van der Waals surface area contributed by atoms with Crippen molar-refractivity contribution < 1.29 is 5.11 Å². The van der Waals surface area contributed by atoms with E-state index in [0.29, 0.717) is 0 Å². The van der Waals surface area contributed by atoms with E-state index in [2.05, 4.69) is 40.3 Å². The molecular weight excluding hydrogens is 284 g/mol. The number of aromatic amines is 1. The summed E-state index contributed by atoms with van der Waals surface area (Å²) in [5.41, 5.74) is 6.42. The fourth-order valence-corrected chi connectivity index (χ4v) is 3.12. The molecule has 0 spiro atoms. The number of rotatable bonds is 2. The second-order valence-corrected chi connectivity index (χ2v) is 6.01. The molecule has 1 unspecified atom stereocenters. The third kappa shape index (κ3) is 2.30. The summed E-state index contributed by atoms with van der Waals surface area (Å²) in [6.45, 7) is 3.81. The summed E-state index contributed by atoms with van der Waals surface area (Å²) < 4.78 is 0. The minimum Gasteiger partial charge on any atom is -0.389 e. The highest BCUT2D eigenvalue weighted by Gasteiger charge is 2.09. The molecule has 114 valence electrons. The van der Waals surface area contributed by atoms with Gasteiger partial charge < -0.3 is 10.1 Å². The van der Waals surface area contributed by atoms with Gasteiger partial charge in [0.2, 0.25) is 0 Å². The molecule has 23 heavy (non-hydrogen) atoms. The molecule has 0 aliphatic heterocycles. The van der Waals surface area contributed by atoms with Crippen LogP contribution in [0.15, 0.2) is 54.7 Å². The topological polar surface area (TPSA) is 48.9 Å². The molecule has 0 aliphatic carbocycles. The highest BCUT2D eigenvalue weighted by Crippen LogP contribution is 2.31. The van der Waals surface area contributed by atoms with Gasteiger partial charge in [-0.1, -0.05) is 24.3 Å². The highest BCUT2D eigenvalue weighted by atomic mass is 16.3. The first-order valence-electron chi connectivity index (χ1n) is 7.79.